The number of nitrogens with zero attached hydrogens (tertiary/aromatic N) is 2. The molecule has 1 aliphatic heterocycles. The maximum absolute atomic E-state index is 11.3. The van der Waals surface area contributed by atoms with Crippen molar-refractivity contribution in [3.05, 3.63) is 35.9 Å². The summed E-state index contributed by atoms with van der Waals surface area (Å²) in [4.78, 5) is 11.3. The van der Waals surface area contributed by atoms with Gasteiger partial charge in [-0.25, -0.2) is 0 Å². The average Bonchev–Trinajstić information content (AvgIpc) is 2.48. The normalized spacial score (nSPS) is 13.6. The van der Waals surface area contributed by atoms with Crippen molar-refractivity contribution in [2.24, 2.45) is 0 Å². The maximum atomic E-state index is 11.3. The zero-order valence-electron chi connectivity index (χ0n) is 11.3. The van der Waals surface area contributed by atoms with Gasteiger partial charge in [-0.1, -0.05) is 6.07 Å². The van der Waals surface area contributed by atoms with Gasteiger partial charge in [0, 0.05) is 24.2 Å². The topological polar surface area (TPSA) is 66.9 Å². The summed E-state index contributed by atoms with van der Waals surface area (Å²) in [5, 5.41) is 14.4. The number of benzene rings is 1. The second-order valence-electron chi connectivity index (χ2n) is 4.75. The van der Waals surface area contributed by atoms with Gasteiger partial charge in [-0.2, -0.15) is 0 Å². The smallest absolute Gasteiger partial charge is 0.224 e. The van der Waals surface area contributed by atoms with Crippen molar-refractivity contribution in [3.8, 4) is 11.3 Å². The first-order valence-electron chi connectivity index (χ1n) is 6.77. The van der Waals surface area contributed by atoms with Crippen LogP contribution in [0.2, 0.25) is 0 Å². The van der Waals surface area contributed by atoms with Crippen LogP contribution < -0.4 is 10.6 Å². The molecule has 0 saturated heterocycles. The Bertz CT molecular complexity index is 637. The molecule has 1 amide bonds. The van der Waals surface area contributed by atoms with Gasteiger partial charge in [0.15, 0.2) is 0 Å². The Morgan fingerprint density at radius 3 is 2.85 bits per heavy atom. The summed E-state index contributed by atoms with van der Waals surface area (Å²) >= 11 is 0. The highest BCUT2D eigenvalue weighted by molar-refractivity contribution is 5.94. The molecule has 0 saturated carbocycles. The van der Waals surface area contributed by atoms with Gasteiger partial charge < -0.3 is 10.6 Å². The minimum Gasteiger partial charge on any atom is -0.369 e. The van der Waals surface area contributed by atoms with E-state index in [1.54, 1.807) is 0 Å². The molecule has 5 heteroatoms. The zero-order valence-corrected chi connectivity index (χ0v) is 11.3. The number of carbonyl (C=O) groups is 1. The lowest BCUT2D eigenvalue weighted by Gasteiger charge is -2.17. The molecular weight excluding hydrogens is 252 g/mol. The van der Waals surface area contributed by atoms with Crippen LogP contribution >= 0.6 is 0 Å². The van der Waals surface area contributed by atoms with Crippen LogP contribution in [0.15, 0.2) is 30.3 Å². The Morgan fingerprint density at radius 2 is 2.10 bits per heavy atom. The van der Waals surface area contributed by atoms with Crippen molar-refractivity contribution >= 4 is 17.4 Å². The number of amides is 1. The number of nitrogens with one attached hydrogen (secondary N) is 2. The SMILES string of the molecule is CCNc1ccc(-c2ccc3c(c2)CCC(=O)N3)nn1. The lowest BCUT2D eigenvalue weighted by Crippen LogP contribution is -2.18. The largest absolute Gasteiger partial charge is 0.369 e. The molecule has 0 spiro atoms. The summed E-state index contributed by atoms with van der Waals surface area (Å²) in [5.74, 6) is 0.863. The van der Waals surface area contributed by atoms with E-state index in [4.69, 9.17) is 0 Å². The molecule has 1 aromatic heterocycles. The van der Waals surface area contributed by atoms with Crippen LogP contribution in [0.5, 0.6) is 0 Å². The Morgan fingerprint density at radius 1 is 1.20 bits per heavy atom. The van der Waals surface area contributed by atoms with Crippen LogP contribution in [0.3, 0.4) is 0 Å². The van der Waals surface area contributed by atoms with E-state index in [-0.39, 0.29) is 5.91 Å². The van der Waals surface area contributed by atoms with Gasteiger partial charge in [-0.3, -0.25) is 4.79 Å². The van der Waals surface area contributed by atoms with Crippen LogP contribution in [-0.2, 0) is 11.2 Å². The molecule has 2 heterocycles. The highest BCUT2D eigenvalue weighted by atomic mass is 16.1. The van der Waals surface area contributed by atoms with Gasteiger partial charge in [0.05, 0.1) is 5.69 Å². The van der Waals surface area contributed by atoms with Gasteiger partial charge >= 0.3 is 0 Å². The molecule has 0 fully saturated rings. The van der Waals surface area contributed by atoms with Crippen LogP contribution in [0.4, 0.5) is 11.5 Å². The van der Waals surface area contributed by atoms with Gasteiger partial charge in [-0.15, -0.1) is 10.2 Å². The second kappa shape index (κ2) is 5.28. The summed E-state index contributed by atoms with van der Waals surface area (Å²) in [7, 11) is 0. The van der Waals surface area contributed by atoms with E-state index in [1.165, 1.54) is 0 Å². The number of rotatable bonds is 3. The fraction of sp³-hybridized carbons (Fsp3) is 0.267. The van der Waals surface area contributed by atoms with E-state index in [2.05, 4.69) is 26.9 Å². The Labute approximate surface area is 117 Å². The molecule has 1 aliphatic rings. The highest BCUT2D eigenvalue weighted by Crippen LogP contribution is 2.27. The highest BCUT2D eigenvalue weighted by Gasteiger charge is 2.15. The molecule has 1 aromatic carbocycles. The fourth-order valence-corrected chi connectivity index (χ4v) is 2.30. The van der Waals surface area contributed by atoms with Gasteiger partial charge in [0.25, 0.3) is 0 Å². The molecule has 0 radical (unpaired) electrons. The molecule has 0 atom stereocenters. The molecule has 102 valence electrons. The van der Waals surface area contributed by atoms with Crippen molar-refractivity contribution in [3.63, 3.8) is 0 Å². The lowest BCUT2D eigenvalue weighted by atomic mass is 9.99. The van der Waals surface area contributed by atoms with Gasteiger partial charge in [0.1, 0.15) is 5.82 Å². The van der Waals surface area contributed by atoms with E-state index >= 15 is 0 Å². The standard InChI is InChI=1S/C15H16N4O/c1-2-16-14-7-6-13(18-19-14)11-3-5-12-10(9-11)4-8-15(20)17-12/h3,5-7,9H,2,4,8H2,1H3,(H,16,19)(H,17,20). The predicted octanol–water partition coefficient (Wildman–Crippen LogP) is 2.46. The lowest BCUT2D eigenvalue weighted by molar-refractivity contribution is -0.116. The molecular formula is C15H16N4O. The monoisotopic (exact) mass is 268 g/mol. The predicted molar refractivity (Wildman–Crippen MR) is 78.6 cm³/mol. The van der Waals surface area contributed by atoms with Gasteiger partial charge in [0.2, 0.25) is 5.91 Å². The Hall–Kier alpha value is -2.43. The summed E-state index contributed by atoms with van der Waals surface area (Å²) in [5.41, 5.74) is 3.92. The van der Waals surface area contributed by atoms with Crippen LogP contribution in [-0.4, -0.2) is 22.6 Å². The minimum absolute atomic E-state index is 0.0834. The summed E-state index contributed by atoms with van der Waals surface area (Å²) < 4.78 is 0. The third-order valence-electron chi connectivity index (χ3n) is 3.32. The molecule has 5 nitrogen and oxygen atoms in total. The molecule has 2 N–H and O–H groups in total. The third-order valence-corrected chi connectivity index (χ3v) is 3.32. The first-order chi connectivity index (χ1) is 9.76. The Kier molecular flexibility index (Phi) is 3.33. The molecule has 3 rings (SSSR count). The quantitative estimate of drug-likeness (QED) is 0.897. The van der Waals surface area contributed by atoms with Gasteiger partial charge in [-0.05, 0) is 43.2 Å². The van der Waals surface area contributed by atoms with Crippen molar-refractivity contribution in [2.75, 3.05) is 17.2 Å². The first kappa shape index (κ1) is 12.6. The van der Waals surface area contributed by atoms with Crippen molar-refractivity contribution in [1.29, 1.82) is 0 Å². The molecule has 2 aromatic rings. The van der Waals surface area contributed by atoms with E-state index in [0.29, 0.717) is 6.42 Å². The number of carbonyl (C=O) groups excluding carboxylic acids is 1. The summed E-state index contributed by atoms with van der Waals surface area (Å²) in [6.45, 7) is 2.85. The number of fused-ring (bicyclic) bond motifs is 1. The van der Waals surface area contributed by atoms with E-state index in [9.17, 15) is 4.79 Å². The Balaban J connectivity index is 1.89. The molecule has 0 aliphatic carbocycles. The van der Waals surface area contributed by atoms with E-state index < -0.39 is 0 Å². The fourth-order valence-electron chi connectivity index (χ4n) is 2.30. The van der Waals surface area contributed by atoms with E-state index in [1.807, 2.05) is 31.2 Å². The summed E-state index contributed by atoms with van der Waals surface area (Å²) in [6.07, 6.45) is 1.32. The van der Waals surface area contributed by atoms with Crippen molar-refractivity contribution in [2.45, 2.75) is 19.8 Å². The number of aromatic nitrogens is 2. The number of hydrogen-bond acceptors (Lipinski definition) is 4. The van der Waals surface area contributed by atoms with Crippen LogP contribution in [0, 0.1) is 0 Å². The zero-order chi connectivity index (χ0) is 13.9. The summed E-state index contributed by atoms with van der Waals surface area (Å²) in [6, 6.07) is 9.84. The van der Waals surface area contributed by atoms with Crippen LogP contribution in [0.25, 0.3) is 11.3 Å². The molecule has 0 bridgehead atoms. The molecule has 0 unspecified atom stereocenters. The van der Waals surface area contributed by atoms with Crippen molar-refractivity contribution < 1.29 is 4.79 Å². The minimum atomic E-state index is 0.0834. The average molecular weight is 268 g/mol. The van der Waals surface area contributed by atoms with Crippen molar-refractivity contribution in [1.82, 2.24) is 10.2 Å². The third kappa shape index (κ3) is 2.47. The van der Waals surface area contributed by atoms with E-state index in [0.717, 1.165) is 41.3 Å². The number of hydrogen-bond donors (Lipinski definition) is 2. The molecule has 20 heavy (non-hydrogen) atoms. The first-order valence-corrected chi connectivity index (χ1v) is 6.77. The maximum Gasteiger partial charge on any atom is 0.224 e. The number of anilines is 2. The number of aryl methyl sites for hydroxylation is 1. The second-order valence-corrected chi connectivity index (χ2v) is 4.75. The van der Waals surface area contributed by atoms with Crippen LogP contribution in [0.1, 0.15) is 18.9 Å².